The van der Waals surface area contributed by atoms with Crippen LogP contribution in [-0.4, -0.2) is 29.3 Å². The van der Waals surface area contributed by atoms with Crippen molar-refractivity contribution in [3.8, 4) is 23.7 Å². The van der Waals surface area contributed by atoms with Gasteiger partial charge in [0.15, 0.2) is 11.5 Å². The standard InChI is InChI=1S/C21H21N3O3.C2H/c1-11-7-13-15(5-6-17(25)20(13)12(11)2)24-21-14-8-18(26-3)19(27-4)9-16(14)22-10-23-21;1-2/h5-6,8-10,25H,7H2,1-4H3,(H,22,23,24);1H/q;-1. The minimum absolute atomic E-state index is 0.309. The van der Waals surface area contributed by atoms with Crippen LogP contribution in [0.2, 0.25) is 0 Å². The van der Waals surface area contributed by atoms with E-state index in [9.17, 15) is 5.11 Å². The number of anilines is 2. The average Bonchev–Trinajstić information content (AvgIpc) is 3.06. The lowest BCUT2D eigenvalue weighted by atomic mass is 10.0. The van der Waals surface area contributed by atoms with Gasteiger partial charge in [0.05, 0.1) is 19.7 Å². The molecule has 6 nitrogen and oxygen atoms in total. The van der Waals surface area contributed by atoms with Crippen molar-refractivity contribution in [3.05, 3.63) is 53.7 Å². The minimum atomic E-state index is 0.309. The van der Waals surface area contributed by atoms with Crippen LogP contribution in [0.5, 0.6) is 17.2 Å². The Hall–Kier alpha value is -3.72. The minimum Gasteiger partial charge on any atom is -0.697 e. The van der Waals surface area contributed by atoms with Gasteiger partial charge in [-0.25, -0.2) is 9.97 Å². The van der Waals surface area contributed by atoms with E-state index >= 15 is 0 Å². The number of terminal acetylenes is 1. The predicted molar refractivity (Wildman–Crippen MR) is 114 cm³/mol. The molecule has 0 aliphatic heterocycles. The predicted octanol–water partition coefficient (Wildman–Crippen LogP) is 4.65. The van der Waals surface area contributed by atoms with Gasteiger partial charge in [-0.15, -0.1) is 0 Å². The van der Waals surface area contributed by atoms with E-state index in [1.807, 2.05) is 25.1 Å². The van der Waals surface area contributed by atoms with Gasteiger partial charge in [0, 0.05) is 22.7 Å². The SMILES string of the molecule is COc1cc2ncnc(Nc3ccc(O)c4c3CC(C)=C4C)c2cc1OC.[C-]#C. The van der Waals surface area contributed by atoms with Gasteiger partial charge < -0.3 is 32.7 Å². The van der Waals surface area contributed by atoms with E-state index in [-0.39, 0.29) is 0 Å². The van der Waals surface area contributed by atoms with Crippen LogP contribution in [-0.2, 0) is 6.42 Å². The summed E-state index contributed by atoms with van der Waals surface area (Å²) in [5.74, 6) is 2.22. The van der Waals surface area contributed by atoms with Gasteiger partial charge in [0.1, 0.15) is 17.9 Å². The Balaban J connectivity index is 0.00000117. The lowest BCUT2D eigenvalue weighted by molar-refractivity contribution is 0.356. The lowest BCUT2D eigenvalue weighted by Gasteiger charge is -2.15. The number of hydrogen-bond donors (Lipinski definition) is 2. The van der Waals surface area contributed by atoms with Crippen molar-refractivity contribution < 1.29 is 14.6 Å². The number of aromatic nitrogens is 2. The van der Waals surface area contributed by atoms with Gasteiger partial charge in [0.25, 0.3) is 0 Å². The van der Waals surface area contributed by atoms with Crippen LogP contribution in [0.3, 0.4) is 0 Å². The van der Waals surface area contributed by atoms with Crippen molar-refractivity contribution in [2.24, 2.45) is 0 Å². The molecule has 0 unspecified atom stereocenters. The van der Waals surface area contributed by atoms with Crippen LogP contribution in [0.1, 0.15) is 25.0 Å². The highest BCUT2D eigenvalue weighted by atomic mass is 16.5. The summed E-state index contributed by atoms with van der Waals surface area (Å²) in [6.07, 6.45) is 11.3. The maximum Gasteiger partial charge on any atom is 0.162 e. The Morgan fingerprint density at radius 2 is 1.76 bits per heavy atom. The third-order valence-corrected chi connectivity index (χ3v) is 5.14. The summed E-state index contributed by atoms with van der Waals surface area (Å²) >= 11 is 0. The zero-order valence-corrected chi connectivity index (χ0v) is 16.8. The van der Waals surface area contributed by atoms with Crippen LogP contribution in [0, 0.1) is 12.8 Å². The lowest BCUT2D eigenvalue weighted by Crippen LogP contribution is -2.01. The Bertz CT molecular complexity index is 1130. The van der Waals surface area contributed by atoms with Gasteiger partial charge in [-0.2, -0.15) is 0 Å². The largest absolute Gasteiger partial charge is 0.697 e. The zero-order chi connectivity index (χ0) is 21.1. The molecule has 6 heteroatoms. The number of methoxy groups -OCH3 is 2. The number of benzene rings is 2. The van der Waals surface area contributed by atoms with E-state index < -0.39 is 0 Å². The van der Waals surface area contributed by atoms with Gasteiger partial charge in [-0.3, -0.25) is 0 Å². The molecule has 0 saturated carbocycles. The Labute approximate surface area is 170 Å². The fraction of sp³-hybridized carbons (Fsp3) is 0.217. The number of ether oxygens (including phenoxy) is 2. The van der Waals surface area contributed by atoms with Crippen LogP contribution in [0.25, 0.3) is 16.5 Å². The van der Waals surface area contributed by atoms with Crippen molar-refractivity contribution in [2.75, 3.05) is 19.5 Å². The topological polar surface area (TPSA) is 76.5 Å². The average molecular weight is 388 g/mol. The van der Waals surface area contributed by atoms with Crippen molar-refractivity contribution in [1.29, 1.82) is 0 Å². The normalized spacial score (nSPS) is 12.2. The van der Waals surface area contributed by atoms with Gasteiger partial charge in [0.2, 0.25) is 0 Å². The highest BCUT2D eigenvalue weighted by molar-refractivity contribution is 5.94. The summed E-state index contributed by atoms with van der Waals surface area (Å²) < 4.78 is 10.8. The van der Waals surface area contributed by atoms with E-state index in [0.717, 1.165) is 39.7 Å². The summed E-state index contributed by atoms with van der Waals surface area (Å²) in [6.45, 7) is 4.14. The molecule has 0 amide bonds. The summed E-state index contributed by atoms with van der Waals surface area (Å²) in [5, 5.41) is 14.5. The molecule has 4 rings (SSSR count). The molecule has 3 aromatic rings. The molecule has 1 heterocycles. The quantitative estimate of drug-likeness (QED) is 0.385. The first-order chi connectivity index (χ1) is 14.0. The third kappa shape index (κ3) is 3.43. The highest BCUT2D eigenvalue weighted by Crippen LogP contribution is 2.43. The van der Waals surface area contributed by atoms with Crippen LogP contribution < -0.4 is 14.8 Å². The number of nitrogens with one attached hydrogen (secondary N) is 1. The van der Waals surface area contributed by atoms with Crippen molar-refractivity contribution in [1.82, 2.24) is 9.97 Å². The second-order valence-electron chi connectivity index (χ2n) is 6.64. The maximum atomic E-state index is 10.3. The fourth-order valence-corrected chi connectivity index (χ4v) is 3.58. The fourth-order valence-electron chi connectivity index (χ4n) is 3.58. The molecule has 0 saturated heterocycles. The van der Waals surface area contributed by atoms with E-state index in [4.69, 9.17) is 15.9 Å². The number of nitrogens with zero attached hydrogens (tertiary/aromatic N) is 2. The Morgan fingerprint density at radius 3 is 2.45 bits per heavy atom. The highest BCUT2D eigenvalue weighted by Gasteiger charge is 2.23. The van der Waals surface area contributed by atoms with Crippen molar-refractivity contribution in [3.63, 3.8) is 0 Å². The van der Waals surface area contributed by atoms with Crippen LogP contribution in [0.15, 0.2) is 36.2 Å². The number of rotatable bonds is 4. The van der Waals surface area contributed by atoms with Gasteiger partial charge in [-0.05, 0) is 49.6 Å². The summed E-state index contributed by atoms with van der Waals surface area (Å²) in [7, 11) is 3.20. The van der Waals surface area contributed by atoms with E-state index in [1.165, 1.54) is 11.9 Å². The smallest absolute Gasteiger partial charge is 0.162 e. The van der Waals surface area contributed by atoms with Gasteiger partial charge in [-0.1, -0.05) is 5.57 Å². The van der Waals surface area contributed by atoms with Crippen LogP contribution >= 0.6 is 0 Å². The molecule has 1 aromatic heterocycles. The van der Waals surface area contributed by atoms with Crippen LogP contribution in [0.4, 0.5) is 11.5 Å². The number of hydrogen-bond acceptors (Lipinski definition) is 6. The van der Waals surface area contributed by atoms with Crippen molar-refractivity contribution in [2.45, 2.75) is 20.3 Å². The Kier molecular flexibility index (Phi) is 5.60. The number of phenolic OH excluding ortho intramolecular Hbond substituents is 1. The molecule has 1 aliphatic carbocycles. The molecule has 0 spiro atoms. The number of allylic oxidation sites excluding steroid dienone is 2. The monoisotopic (exact) mass is 388 g/mol. The first-order valence-electron chi connectivity index (χ1n) is 8.97. The number of fused-ring (bicyclic) bond motifs is 2. The summed E-state index contributed by atoms with van der Waals surface area (Å²) in [5.41, 5.74) is 6.06. The maximum absolute atomic E-state index is 10.3. The molecule has 0 fully saturated rings. The van der Waals surface area contributed by atoms with Crippen molar-refractivity contribution >= 4 is 28.0 Å². The molecule has 2 aromatic carbocycles. The molecule has 0 atom stereocenters. The molecular weight excluding hydrogens is 366 g/mol. The molecule has 0 bridgehead atoms. The molecule has 1 aliphatic rings. The Morgan fingerprint density at radius 1 is 1.07 bits per heavy atom. The van der Waals surface area contributed by atoms with Gasteiger partial charge >= 0.3 is 0 Å². The van der Waals surface area contributed by atoms with E-state index in [2.05, 4.69) is 28.6 Å². The molecule has 0 radical (unpaired) electrons. The molecular formula is C23H22N3O3-. The number of phenols is 1. The van der Waals surface area contributed by atoms with E-state index in [0.29, 0.717) is 23.1 Å². The first-order valence-corrected chi connectivity index (χ1v) is 8.97. The summed E-state index contributed by atoms with van der Waals surface area (Å²) in [6, 6.07) is 7.30. The second kappa shape index (κ2) is 8.11. The molecule has 2 N–H and O–H groups in total. The van der Waals surface area contributed by atoms with E-state index in [1.54, 1.807) is 20.3 Å². The molecule has 148 valence electrons. The zero-order valence-electron chi connectivity index (χ0n) is 16.8. The summed E-state index contributed by atoms with van der Waals surface area (Å²) in [4.78, 5) is 8.77. The molecule has 29 heavy (non-hydrogen) atoms. The number of aromatic hydroxyl groups is 1. The third-order valence-electron chi connectivity index (χ3n) is 5.14. The second-order valence-corrected chi connectivity index (χ2v) is 6.64. The first kappa shape index (κ1) is 20.0.